The summed E-state index contributed by atoms with van der Waals surface area (Å²) in [7, 11) is 0. The Morgan fingerprint density at radius 2 is 1.22 bits per heavy atom. The molecule has 1 aliphatic rings. The van der Waals surface area contributed by atoms with Crippen molar-refractivity contribution in [3.63, 3.8) is 0 Å². The third-order valence-corrected chi connectivity index (χ3v) is 5.82. The summed E-state index contributed by atoms with van der Waals surface area (Å²) in [6.07, 6.45) is 0.686. The van der Waals surface area contributed by atoms with Crippen LogP contribution in [0.1, 0.15) is 23.1 Å². The van der Waals surface area contributed by atoms with Crippen molar-refractivity contribution in [1.29, 1.82) is 0 Å². The summed E-state index contributed by atoms with van der Waals surface area (Å²) < 4.78 is 0. The first kappa shape index (κ1) is 14.6. The molecule has 2 heteroatoms. The van der Waals surface area contributed by atoms with Crippen LogP contribution in [0.15, 0.2) is 88.7 Å². The quantitative estimate of drug-likeness (QED) is 0.743. The summed E-state index contributed by atoms with van der Waals surface area (Å²) in [5, 5.41) is 9.89. The second kappa shape index (κ2) is 5.88. The van der Waals surface area contributed by atoms with Crippen molar-refractivity contribution in [2.75, 3.05) is 6.61 Å². The summed E-state index contributed by atoms with van der Waals surface area (Å²) in [6.45, 7) is 0.155. The van der Waals surface area contributed by atoms with E-state index < -0.39 is 0 Å². The normalized spacial score (nSPS) is 14.8. The third kappa shape index (κ3) is 2.21. The summed E-state index contributed by atoms with van der Waals surface area (Å²) in [4.78, 5) is 2.56. The number of rotatable bonds is 3. The molecule has 4 rings (SSSR count). The van der Waals surface area contributed by atoms with Crippen LogP contribution < -0.4 is 0 Å². The Morgan fingerprint density at radius 3 is 1.78 bits per heavy atom. The molecular weight excluding hydrogens is 300 g/mol. The first-order valence-corrected chi connectivity index (χ1v) is 8.71. The molecule has 1 N–H and O–H groups in total. The highest BCUT2D eigenvalue weighted by Crippen LogP contribution is 2.53. The van der Waals surface area contributed by atoms with Crippen LogP contribution in [0.5, 0.6) is 0 Å². The Kier molecular flexibility index (Phi) is 3.72. The minimum atomic E-state index is -0.283. The molecule has 0 fully saturated rings. The average Bonchev–Trinajstić information content (AvgIpc) is 2.62. The summed E-state index contributed by atoms with van der Waals surface area (Å²) in [5.74, 6) is 0. The van der Waals surface area contributed by atoms with E-state index in [-0.39, 0.29) is 12.0 Å². The van der Waals surface area contributed by atoms with Gasteiger partial charge in [0.2, 0.25) is 0 Å². The molecule has 0 spiro atoms. The standard InChI is InChI=1S/C21H18OS/c22-15-14-21(16-8-2-1-3-9-16)17-10-4-6-12-19(17)23-20-13-7-5-11-18(20)21/h1-13,22H,14-15H2. The van der Waals surface area contributed by atoms with Crippen molar-refractivity contribution in [1.82, 2.24) is 0 Å². The van der Waals surface area contributed by atoms with Crippen LogP contribution in [0.3, 0.4) is 0 Å². The fourth-order valence-electron chi connectivity index (χ4n) is 3.70. The third-order valence-electron chi connectivity index (χ3n) is 4.67. The lowest BCUT2D eigenvalue weighted by molar-refractivity contribution is 0.263. The second-order valence-electron chi connectivity index (χ2n) is 5.84. The SMILES string of the molecule is OCCC1(c2ccccc2)c2ccccc2Sc2ccccc21. The van der Waals surface area contributed by atoms with Crippen LogP contribution >= 0.6 is 11.8 Å². The van der Waals surface area contributed by atoms with Crippen LogP contribution in [-0.2, 0) is 5.41 Å². The van der Waals surface area contributed by atoms with E-state index in [9.17, 15) is 5.11 Å². The fourth-order valence-corrected chi connectivity index (χ4v) is 4.93. The van der Waals surface area contributed by atoms with Crippen molar-refractivity contribution >= 4 is 11.8 Å². The van der Waals surface area contributed by atoms with Gasteiger partial charge in [-0.25, -0.2) is 0 Å². The number of aliphatic hydroxyl groups excluding tert-OH is 1. The molecule has 0 aliphatic carbocycles. The number of hydrogen-bond donors (Lipinski definition) is 1. The van der Waals surface area contributed by atoms with Gasteiger partial charge < -0.3 is 5.11 Å². The van der Waals surface area contributed by atoms with E-state index in [1.165, 1.54) is 26.5 Å². The van der Waals surface area contributed by atoms with Crippen molar-refractivity contribution in [2.24, 2.45) is 0 Å². The summed E-state index contributed by atoms with van der Waals surface area (Å²) >= 11 is 1.82. The molecule has 0 unspecified atom stereocenters. The van der Waals surface area contributed by atoms with Gasteiger partial charge in [0.15, 0.2) is 0 Å². The number of fused-ring (bicyclic) bond motifs is 2. The molecule has 1 aliphatic heterocycles. The maximum Gasteiger partial charge on any atom is 0.0495 e. The molecule has 23 heavy (non-hydrogen) atoms. The van der Waals surface area contributed by atoms with Crippen LogP contribution in [0.4, 0.5) is 0 Å². The molecule has 1 nitrogen and oxygen atoms in total. The van der Waals surface area contributed by atoms with Gasteiger partial charge >= 0.3 is 0 Å². The molecule has 3 aromatic rings. The molecule has 0 atom stereocenters. The highest BCUT2D eigenvalue weighted by molar-refractivity contribution is 7.99. The van der Waals surface area contributed by atoms with E-state index in [0.29, 0.717) is 6.42 Å². The molecule has 0 radical (unpaired) electrons. The van der Waals surface area contributed by atoms with Gasteiger partial charge in [0.25, 0.3) is 0 Å². The highest BCUT2D eigenvalue weighted by Gasteiger charge is 2.41. The number of hydrogen-bond acceptors (Lipinski definition) is 2. The van der Waals surface area contributed by atoms with Crippen molar-refractivity contribution in [2.45, 2.75) is 21.6 Å². The molecule has 1 heterocycles. The Hall–Kier alpha value is -2.03. The predicted molar refractivity (Wildman–Crippen MR) is 95.0 cm³/mol. The smallest absolute Gasteiger partial charge is 0.0495 e. The minimum Gasteiger partial charge on any atom is -0.396 e. The van der Waals surface area contributed by atoms with Gasteiger partial charge in [-0.1, -0.05) is 78.5 Å². The van der Waals surface area contributed by atoms with Gasteiger partial charge in [-0.3, -0.25) is 0 Å². The zero-order valence-corrected chi connectivity index (χ0v) is 13.6. The molecule has 0 amide bonds. The van der Waals surface area contributed by atoms with Gasteiger partial charge in [-0.2, -0.15) is 0 Å². The minimum absolute atomic E-state index is 0.155. The first-order valence-electron chi connectivity index (χ1n) is 7.89. The first-order chi connectivity index (χ1) is 11.4. The van der Waals surface area contributed by atoms with Crippen LogP contribution in [0.25, 0.3) is 0 Å². The lowest BCUT2D eigenvalue weighted by Crippen LogP contribution is -2.33. The van der Waals surface area contributed by atoms with Gasteiger partial charge in [0.1, 0.15) is 0 Å². The van der Waals surface area contributed by atoms with E-state index in [1.54, 1.807) is 0 Å². The van der Waals surface area contributed by atoms with Gasteiger partial charge in [0, 0.05) is 21.8 Å². The van der Waals surface area contributed by atoms with Gasteiger partial charge in [0.05, 0.1) is 0 Å². The van der Waals surface area contributed by atoms with E-state index in [2.05, 4.69) is 72.8 Å². The maximum atomic E-state index is 9.89. The Bertz CT molecular complexity index is 781. The molecule has 0 saturated heterocycles. The lowest BCUT2D eigenvalue weighted by atomic mass is 9.67. The van der Waals surface area contributed by atoms with Crippen molar-refractivity contribution in [3.8, 4) is 0 Å². The fraction of sp³-hybridized carbons (Fsp3) is 0.143. The Labute approximate surface area is 141 Å². The zero-order valence-electron chi connectivity index (χ0n) is 12.8. The van der Waals surface area contributed by atoms with E-state index in [0.717, 1.165) is 0 Å². The monoisotopic (exact) mass is 318 g/mol. The molecule has 114 valence electrons. The molecule has 0 bridgehead atoms. The predicted octanol–water partition coefficient (Wildman–Crippen LogP) is 4.87. The van der Waals surface area contributed by atoms with Crippen molar-refractivity contribution in [3.05, 3.63) is 95.6 Å². The van der Waals surface area contributed by atoms with E-state index in [4.69, 9.17) is 0 Å². The van der Waals surface area contributed by atoms with E-state index in [1.807, 2.05) is 17.8 Å². The topological polar surface area (TPSA) is 20.2 Å². The highest BCUT2D eigenvalue weighted by atomic mass is 32.2. The summed E-state index contributed by atoms with van der Waals surface area (Å²) in [6, 6.07) is 27.7. The Morgan fingerprint density at radius 1 is 0.696 bits per heavy atom. The zero-order chi connectivity index (χ0) is 15.7. The largest absolute Gasteiger partial charge is 0.396 e. The number of benzene rings is 3. The van der Waals surface area contributed by atoms with Crippen LogP contribution in [0, 0.1) is 0 Å². The van der Waals surface area contributed by atoms with Crippen LogP contribution in [-0.4, -0.2) is 11.7 Å². The van der Waals surface area contributed by atoms with Gasteiger partial charge in [-0.15, -0.1) is 0 Å². The van der Waals surface area contributed by atoms with Crippen LogP contribution in [0.2, 0.25) is 0 Å². The van der Waals surface area contributed by atoms with E-state index >= 15 is 0 Å². The molecule has 0 aromatic heterocycles. The van der Waals surface area contributed by atoms with Gasteiger partial charge in [-0.05, 0) is 35.2 Å². The number of aliphatic hydroxyl groups is 1. The molecular formula is C21H18OS. The lowest BCUT2D eigenvalue weighted by Gasteiger charge is -2.41. The van der Waals surface area contributed by atoms with Crippen molar-refractivity contribution < 1.29 is 5.11 Å². The molecule has 3 aromatic carbocycles. The molecule has 0 saturated carbocycles. The Balaban J connectivity index is 2.08. The summed E-state index contributed by atoms with van der Waals surface area (Å²) in [5.41, 5.74) is 3.55. The average molecular weight is 318 g/mol. The second-order valence-corrected chi connectivity index (χ2v) is 6.92. The maximum absolute atomic E-state index is 9.89.